The molecule has 1 amide bonds. The molecule has 17 heavy (non-hydrogen) atoms. The molecule has 0 bridgehead atoms. The second-order valence-electron chi connectivity index (χ2n) is 5.44. The lowest BCUT2D eigenvalue weighted by atomic mass is 9.89. The first kappa shape index (κ1) is 14.5. The number of rotatable bonds is 6. The molecule has 1 fully saturated rings. The van der Waals surface area contributed by atoms with E-state index in [-0.39, 0.29) is 11.3 Å². The summed E-state index contributed by atoms with van der Waals surface area (Å²) in [6.45, 7) is 12.4. The molecule has 0 aromatic rings. The van der Waals surface area contributed by atoms with Gasteiger partial charge in [-0.2, -0.15) is 0 Å². The number of piperazine rings is 1. The standard InChI is InChI=1S/C13H27N3O/c1-4-13(2,3)12(17)15-6-5-9-16-10-7-14-8-11-16/h14H,4-11H2,1-3H3,(H,15,17). The Kier molecular flexibility index (Phi) is 5.92. The molecule has 0 saturated carbocycles. The summed E-state index contributed by atoms with van der Waals surface area (Å²) in [5.74, 6) is 0.181. The van der Waals surface area contributed by atoms with Crippen molar-refractivity contribution >= 4 is 5.91 Å². The fourth-order valence-electron chi connectivity index (χ4n) is 1.84. The van der Waals surface area contributed by atoms with Crippen LogP contribution in [0.4, 0.5) is 0 Å². The highest BCUT2D eigenvalue weighted by Crippen LogP contribution is 2.19. The monoisotopic (exact) mass is 241 g/mol. The van der Waals surface area contributed by atoms with E-state index in [9.17, 15) is 4.79 Å². The van der Waals surface area contributed by atoms with Crippen LogP contribution >= 0.6 is 0 Å². The second-order valence-corrected chi connectivity index (χ2v) is 5.44. The third-order valence-electron chi connectivity index (χ3n) is 3.64. The molecule has 0 atom stereocenters. The van der Waals surface area contributed by atoms with Gasteiger partial charge in [0.15, 0.2) is 0 Å². The molecule has 0 radical (unpaired) electrons. The zero-order valence-electron chi connectivity index (χ0n) is 11.5. The number of carbonyl (C=O) groups excluding carboxylic acids is 1. The molecule has 0 aliphatic carbocycles. The minimum Gasteiger partial charge on any atom is -0.356 e. The van der Waals surface area contributed by atoms with Crippen molar-refractivity contribution in [3.05, 3.63) is 0 Å². The van der Waals surface area contributed by atoms with Crippen molar-refractivity contribution in [1.29, 1.82) is 0 Å². The van der Waals surface area contributed by atoms with Crippen LogP contribution in [0.1, 0.15) is 33.6 Å². The van der Waals surface area contributed by atoms with E-state index in [1.807, 2.05) is 13.8 Å². The summed E-state index contributed by atoms with van der Waals surface area (Å²) in [4.78, 5) is 14.3. The summed E-state index contributed by atoms with van der Waals surface area (Å²) < 4.78 is 0. The summed E-state index contributed by atoms with van der Waals surface area (Å²) in [6.07, 6.45) is 1.93. The van der Waals surface area contributed by atoms with Crippen molar-refractivity contribution < 1.29 is 4.79 Å². The van der Waals surface area contributed by atoms with E-state index in [4.69, 9.17) is 0 Å². The summed E-state index contributed by atoms with van der Waals surface area (Å²) >= 11 is 0. The van der Waals surface area contributed by atoms with Gasteiger partial charge < -0.3 is 15.5 Å². The zero-order chi connectivity index (χ0) is 12.7. The Morgan fingerprint density at radius 2 is 2.00 bits per heavy atom. The molecular weight excluding hydrogens is 214 g/mol. The fraction of sp³-hybridized carbons (Fsp3) is 0.923. The fourth-order valence-corrected chi connectivity index (χ4v) is 1.84. The van der Waals surface area contributed by atoms with Crippen molar-refractivity contribution in [3.8, 4) is 0 Å². The van der Waals surface area contributed by atoms with Gasteiger partial charge in [-0.25, -0.2) is 0 Å². The van der Waals surface area contributed by atoms with Crippen LogP contribution in [-0.2, 0) is 4.79 Å². The highest BCUT2D eigenvalue weighted by atomic mass is 16.2. The summed E-state index contributed by atoms with van der Waals surface area (Å²) in [5.41, 5.74) is -0.227. The smallest absolute Gasteiger partial charge is 0.225 e. The molecule has 1 saturated heterocycles. The van der Waals surface area contributed by atoms with Crippen LogP contribution in [0.2, 0.25) is 0 Å². The van der Waals surface area contributed by atoms with Crippen LogP contribution in [0.3, 0.4) is 0 Å². The summed E-state index contributed by atoms with van der Waals surface area (Å²) in [5, 5.41) is 6.37. The molecule has 1 rings (SSSR count). The number of hydrogen-bond acceptors (Lipinski definition) is 3. The minimum atomic E-state index is -0.227. The van der Waals surface area contributed by atoms with Crippen molar-refractivity contribution in [1.82, 2.24) is 15.5 Å². The van der Waals surface area contributed by atoms with E-state index < -0.39 is 0 Å². The SMILES string of the molecule is CCC(C)(C)C(=O)NCCCN1CCNCC1. The van der Waals surface area contributed by atoms with E-state index in [0.717, 1.165) is 52.1 Å². The molecule has 2 N–H and O–H groups in total. The molecule has 0 spiro atoms. The quantitative estimate of drug-likeness (QED) is 0.677. The Morgan fingerprint density at radius 1 is 1.35 bits per heavy atom. The van der Waals surface area contributed by atoms with E-state index >= 15 is 0 Å². The molecule has 1 aliphatic heterocycles. The summed E-state index contributed by atoms with van der Waals surface area (Å²) in [7, 11) is 0. The van der Waals surface area contributed by atoms with Gasteiger partial charge in [0.25, 0.3) is 0 Å². The van der Waals surface area contributed by atoms with Gasteiger partial charge in [0, 0.05) is 38.1 Å². The lowest BCUT2D eigenvalue weighted by Gasteiger charge is -2.27. The molecule has 4 nitrogen and oxygen atoms in total. The lowest BCUT2D eigenvalue weighted by Crippen LogP contribution is -2.44. The zero-order valence-corrected chi connectivity index (χ0v) is 11.5. The van der Waals surface area contributed by atoms with Gasteiger partial charge in [-0.05, 0) is 19.4 Å². The van der Waals surface area contributed by atoms with E-state index in [1.54, 1.807) is 0 Å². The van der Waals surface area contributed by atoms with Crippen molar-refractivity contribution in [2.45, 2.75) is 33.6 Å². The molecule has 4 heteroatoms. The molecule has 0 aromatic heterocycles. The Hall–Kier alpha value is -0.610. The largest absolute Gasteiger partial charge is 0.356 e. The van der Waals surface area contributed by atoms with Crippen LogP contribution in [0.15, 0.2) is 0 Å². The lowest BCUT2D eigenvalue weighted by molar-refractivity contribution is -0.129. The van der Waals surface area contributed by atoms with Crippen LogP contribution < -0.4 is 10.6 Å². The molecule has 100 valence electrons. The molecular formula is C13H27N3O. The Balaban J connectivity index is 2.09. The van der Waals surface area contributed by atoms with Gasteiger partial charge in [0.2, 0.25) is 5.91 Å². The highest BCUT2D eigenvalue weighted by molar-refractivity contribution is 5.81. The van der Waals surface area contributed by atoms with Crippen LogP contribution in [0, 0.1) is 5.41 Å². The molecule has 1 heterocycles. The normalized spacial score (nSPS) is 18.1. The van der Waals surface area contributed by atoms with Gasteiger partial charge in [-0.1, -0.05) is 20.8 Å². The Labute approximate surface area is 105 Å². The maximum Gasteiger partial charge on any atom is 0.225 e. The number of amides is 1. The average molecular weight is 241 g/mol. The second kappa shape index (κ2) is 6.97. The van der Waals surface area contributed by atoms with Crippen LogP contribution in [0.5, 0.6) is 0 Å². The Bertz CT molecular complexity index is 235. The predicted octanol–water partition coefficient (Wildman–Crippen LogP) is 0.834. The van der Waals surface area contributed by atoms with Gasteiger partial charge >= 0.3 is 0 Å². The minimum absolute atomic E-state index is 0.181. The van der Waals surface area contributed by atoms with Gasteiger partial charge in [-0.3, -0.25) is 4.79 Å². The van der Waals surface area contributed by atoms with Gasteiger partial charge in [0.05, 0.1) is 0 Å². The number of hydrogen-bond donors (Lipinski definition) is 2. The van der Waals surface area contributed by atoms with Crippen LogP contribution in [0.25, 0.3) is 0 Å². The average Bonchev–Trinajstić information content (AvgIpc) is 2.35. The van der Waals surface area contributed by atoms with Gasteiger partial charge in [-0.15, -0.1) is 0 Å². The number of nitrogens with one attached hydrogen (secondary N) is 2. The highest BCUT2D eigenvalue weighted by Gasteiger charge is 2.24. The third kappa shape index (κ3) is 5.04. The van der Waals surface area contributed by atoms with E-state index in [0.29, 0.717) is 0 Å². The topological polar surface area (TPSA) is 44.4 Å². The Morgan fingerprint density at radius 3 is 2.59 bits per heavy atom. The van der Waals surface area contributed by atoms with Crippen LogP contribution in [-0.4, -0.2) is 50.1 Å². The first-order valence-corrected chi connectivity index (χ1v) is 6.77. The van der Waals surface area contributed by atoms with Gasteiger partial charge in [0.1, 0.15) is 0 Å². The number of nitrogens with zero attached hydrogens (tertiary/aromatic N) is 1. The van der Waals surface area contributed by atoms with Crippen molar-refractivity contribution in [2.24, 2.45) is 5.41 Å². The molecule has 0 aromatic carbocycles. The van der Waals surface area contributed by atoms with E-state index in [2.05, 4.69) is 22.5 Å². The third-order valence-corrected chi connectivity index (χ3v) is 3.64. The predicted molar refractivity (Wildman–Crippen MR) is 71.0 cm³/mol. The summed E-state index contributed by atoms with van der Waals surface area (Å²) in [6, 6.07) is 0. The number of carbonyl (C=O) groups is 1. The first-order chi connectivity index (χ1) is 8.06. The van der Waals surface area contributed by atoms with Crippen molar-refractivity contribution in [2.75, 3.05) is 39.3 Å². The first-order valence-electron chi connectivity index (χ1n) is 6.77. The molecule has 0 unspecified atom stereocenters. The maximum absolute atomic E-state index is 11.8. The van der Waals surface area contributed by atoms with E-state index in [1.165, 1.54) is 0 Å². The molecule has 1 aliphatic rings. The maximum atomic E-state index is 11.8. The van der Waals surface area contributed by atoms with Crippen molar-refractivity contribution in [3.63, 3.8) is 0 Å².